The van der Waals surface area contributed by atoms with Gasteiger partial charge in [-0.15, -0.1) is 0 Å². The van der Waals surface area contributed by atoms with E-state index in [-0.39, 0.29) is 12.7 Å². The van der Waals surface area contributed by atoms with Crippen molar-refractivity contribution in [1.82, 2.24) is 4.98 Å². The summed E-state index contributed by atoms with van der Waals surface area (Å²) in [7, 11) is 0. The second-order valence-electron chi connectivity index (χ2n) is 6.04. The van der Waals surface area contributed by atoms with Crippen LogP contribution >= 0.6 is 11.6 Å². The van der Waals surface area contributed by atoms with Gasteiger partial charge in [0.15, 0.2) is 11.5 Å². The summed E-state index contributed by atoms with van der Waals surface area (Å²) in [4.78, 5) is 16.7. The molecule has 0 radical (unpaired) electrons. The average Bonchev–Trinajstić information content (AvgIpc) is 3.13. The molecule has 1 aromatic heterocycles. The van der Waals surface area contributed by atoms with Gasteiger partial charge in [0, 0.05) is 28.7 Å². The zero-order valence-corrected chi connectivity index (χ0v) is 15.2. The maximum absolute atomic E-state index is 12.4. The lowest BCUT2D eigenvalue weighted by Crippen LogP contribution is -2.12. The molecule has 2 aromatic carbocycles. The number of amides is 1. The summed E-state index contributed by atoms with van der Waals surface area (Å²) < 4.78 is 10.6. The highest BCUT2D eigenvalue weighted by atomic mass is 35.5. The molecule has 1 amide bonds. The van der Waals surface area contributed by atoms with Crippen LogP contribution in [-0.4, -0.2) is 17.7 Å². The number of anilines is 3. The number of fused-ring (bicyclic) bond motifs is 1. The number of rotatable bonds is 4. The Morgan fingerprint density at radius 1 is 1.04 bits per heavy atom. The first-order valence-corrected chi connectivity index (χ1v) is 8.66. The summed E-state index contributed by atoms with van der Waals surface area (Å²) >= 11 is 6.13. The molecule has 0 atom stereocenters. The monoisotopic (exact) mass is 381 g/mol. The van der Waals surface area contributed by atoms with Crippen LogP contribution in [0.3, 0.4) is 0 Å². The first kappa shape index (κ1) is 17.2. The number of halogens is 1. The maximum atomic E-state index is 12.4. The zero-order valence-electron chi connectivity index (χ0n) is 14.5. The molecule has 27 heavy (non-hydrogen) atoms. The largest absolute Gasteiger partial charge is 0.454 e. The van der Waals surface area contributed by atoms with E-state index in [1.54, 1.807) is 30.3 Å². The SMILES string of the molecule is Cc1ccc(Nc2ccc(C(=O)Nc3ccc4c(c3)OCO4)cn2)cc1Cl. The molecule has 3 aromatic rings. The first-order valence-electron chi connectivity index (χ1n) is 8.29. The Bertz CT molecular complexity index is 1010. The van der Waals surface area contributed by atoms with Crippen LogP contribution in [0.4, 0.5) is 17.2 Å². The van der Waals surface area contributed by atoms with Gasteiger partial charge in [0.1, 0.15) is 5.82 Å². The number of aryl methyl sites for hydroxylation is 1. The van der Waals surface area contributed by atoms with Crippen LogP contribution in [0.15, 0.2) is 54.7 Å². The zero-order chi connectivity index (χ0) is 18.8. The minimum Gasteiger partial charge on any atom is -0.454 e. The highest BCUT2D eigenvalue weighted by Crippen LogP contribution is 2.34. The smallest absolute Gasteiger partial charge is 0.257 e. The number of nitrogens with zero attached hydrogens (tertiary/aromatic N) is 1. The summed E-state index contributed by atoms with van der Waals surface area (Å²) in [5.41, 5.74) is 2.90. The summed E-state index contributed by atoms with van der Waals surface area (Å²) in [6.45, 7) is 2.13. The fraction of sp³-hybridized carbons (Fsp3) is 0.100. The number of benzene rings is 2. The van der Waals surface area contributed by atoms with E-state index in [0.29, 0.717) is 33.6 Å². The number of nitrogens with one attached hydrogen (secondary N) is 2. The molecular formula is C20H16ClN3O3. The van der Waals surface area contributed by atoms with Crippen molar-refractivity contribution in [2.24, 2.45) is 0 Å². The van der Waals surface area contributed by atoms with E-state index in [1.807, 2.05) is 25.1 Å². The number of carbonyl (C=O) groups excluding carboxylic acids is 1. The standard InChI is InChI=1S/C20H16ClN3O3/c1-12-2-4-14(8-16(12)21)23-19-7-3-13(10-22-19)20(25)24-15-5-6-17-18(9-15)27-11-26-17/h2-10H,11H2,1H3,(H,22,23)(H,24,25). The van der Waals surface area contributed by atoms with E-state index in [9.17, 15) is 4.79 Å². The van der Waals surface area contributed by atoms with Gasteiger partial charge < -0.3 is 20.1 Å². The molecule has 7 heteroatoms. The van der Waals surface area contributed by atoms with Crippen molar-refractivity contribution in [2.45, 2.75) is 6.92 Å². The molecule has 2 N–H and O–H groups in total. The van der Waals surface area contributed by atoms with E-state index in [4.69, 9.17) is 21.1 Å². The lowest BCUT2D eigenvalue weighted by atomic mass is 10.2. The third-order valence-electron chi connectivity index (χ3n) is 4.10. The van der Waals surface area contributed by atoms with Crippen LogP contribution in [0.1, 0.15) is 15.9 Å². The Morgan fingerprint density at radius 2 is 1.85 bits per heavy atom. The summed E-state index contributed by atoms with van der Waals surface area (Å²) in [5.74, 6) is 1.64. The molecule has 4 rings (SSSR count). The molecule has 1 aliphatic rings. The van der Waals surface area contributed by atoms with Crippen molar-refractivity contribution in [1.29, 1.82) is 0 Å². The van der Waals surface area contributed by atoms with Crippen molar-refractivity contribution in [3.05, 3.63) is 70.9 Å². The van der Waals surface area contributed by atoms with E-state index in [1.165, 1.54) is 6.20 Å². The quantitative estimate of drug-likeness (QED) is 0.681. The van der Waals surface area contributed by atoms with Crippen LogP contribution in [0.5, 0.6) is 11.5 Å². The summed E-state index contributed by atoms with van der Waals surface area (Å²) in [5, 5.41) is 6.66. The molecule has 2 heterocycles. The molecule has 0 saturated heterocycles. The molecule has 0 aliphatic carbocycles. The van der Waals surface area contributed by atoms with E-state index in [0.717, 1.165) is 11.3 Å². The molecule has 0 fully saturated rings. The third kappa shape index (κ3) is 3.80. The van der Waals surface area contributed by atoms with Crippen LogP contribution in [-0.2, 0) is 0 Å². The van der Waals surface area contributed by atoms with Gasteiger partial charge in [0.25, 0.3) is 5.91 Å². The number of hydrogen-bond acceptors (Lipinski definition) is 5. The number of hydrogen-bond donors (Lipinski definition) is 2. The van der Waals surface area contributed by atoms with E-state index >= 15 is 0 Å². The van der Waals surface area contributed by atoms with Crippen molar-refractivity contribution >= 4 is 34.7 Å². The second-order valence-corrected chi connectivity index (χ2v) is 6.45. The van der Waals surface area contributed by atoms with E-state index in [2.05, 4.69) is 15.6 Å². The lowest BCUT2D eigenvalue weighted by Gasteiger charge is -2.09. The minimum absolute atomic E-state index is 0.192. The van der Waals surface area contributed by atoms with Gasteiger partial charge in [-0.05, 0) is 48.9 Å². The van der Waals surface area contributed by atoms with Crippen LogP contribution in [0.25, 0.3) is 0 Å². The summed E-state index contributed by atoms with van der Waals surface area (Å²) in [6, 6.07) is 14.4. The fourth-order valence-electron chi connectivity index (χ4n) is 2.60. The highest BCUT2D eigenvalue weighted by molar-refractivity contribution is 6.31. The van der Waals surface area contributed by atoms with E-state index < -0.39 is 0 Å². The Kier molecular flexibility index (Phi) is 4.56. The van der Waals surface area contributed by atoms with Gasteiger partial charge in [-0.3, -0.25) is 4.79 Å². The van der Waals surface area contributed by atoms with Gasteiger partial charge in [-0.25, -0.2) is 4.98 Å². The van der Waals surface area contributed by atoms with Crippen molar-refractivity contribution in [3.8, 4) is 11.5 Å². The maximum Gasteiger partial charge on any atom is 0.257 e. The lowest BCUT2D eigenvalue weighted by molar-refractivity contribution is 0.102. The molecule has 136 valence electrons. The van der Waals surface area contributed by atoms with Gasteiger partial charge in [0.2, 0.25) is 6.79 Å². The Labute approximate surface area is 161 Å². The number of pyridine rings is 1. The van der Waals surface area contributed by atoms with Crippen LogP contribution < -0.4 is 20.1 Å². The van der Waals surface area contributed by atoms with Crippen LogP contribution in [0.2, 0.25) is 5.02 Å². The topological polar surface area (TPSA) is 72.5 Å². The van der Waals surface area contributed by atoms with Crippen molar-refractivity contribution < 1.29 is 14.3 Å². The molecule has 1 aliphatic heterocycles. The average molecular weight is 382 g/mol. The molecule has 6 nitrogen and oxygen atoms in total. The van der Waals surface area contributed by atoms with Crippen molar-refractivity contribution in [2.75, 3.05) is 17.4 Å². The number of ether oxygens (including phenoxy) is 2. The van der Waals surface area contributed by atoms with Gasteiger partial charge in [-0.2, -0.15) is 0 Å². The molecule has 0 bridgehead atoms. The number of aromatic nitrogens is 1. The molecule has 0 spiro atoms. The highest BCUT2D eigenvalue weighted by Gasteiger charge is 2.15. The molecule has 0 unspecified atom stereocenters. The predicted molar refractivity (Wildman–Crippen MR) is 104 cm³/mol. The van der Waals surface area contributed by atoms with Crippen LogP contribution in [0, 0.1) is 6.92 Å². The Morgan fingerprint density at radius 3 is 2.63 bits per heavy atom. The minimum atomic E-state index is -0.258. The third-order valence-corrected chi connectivity index (χ3v) is 4.51. The molecule has 0 saturated carbocycles. The summed E-state index contributed by atoms with van der Waals surface area (Å²) in [6.07, 6.45) is 1.51. The Hall–Kier alpha value is -3.25. The van der Waals surface area contributed by atoms with Gasteiger partial charge in [0.05, 0.1) is 5.56 Å². The van der Waals surface area contributed by atoms with Gasteiger partial charge >= 0.3 is 0 Å². The van der Waals surface area contributed by atoms with Gasteiger partial charge in [-0.1, -0.05) is 17.7 Å². The fourth-order valence-corrected chi connectivity index (χ4v) is 2.78. The predicted octanol–water partition coefficient (Wildman–Crippen LogP) is 4.77. The molecular weight excluding hydrogens is 366 g/mol. The van der Waals surface area contributed by atoms with Crippen molar-refractivity contribution in [3.63, 3.8) is 0 Å². The second kappa shape index (κ2) is 7.17. The normalized spacial score (nSPS) is 11.9. The number of carbonyl (C=O) groups is 1. The Balaban J connectivity index is 1.43. The first-order chi connectivity index (χ1) is 13.1.